The lowest BCUT2D eigenvalue weighted by atomic mass is 10.2. The summed E-state index contributed by atoms with van der Waals surface area (Å²) in [7, 11) is 1.62. The molecule has 1 aromatic heterocycles. The number of amidine groups is 1. The molecule has 0 unspecified atom stereocenters. The van der Waals surface area contributed by atoms with Crippen molar-refractivity contribution in [3.8, 4) is 5.75 Å². The van der Waals surface area contributed by atoms with Crippen LogP contribution in [0.25, 0.3) is 0 Å². The number of thioether (sulfide) groups is 1. The highest BCUT2D eigenvalue weighted by molar-refractivity contribution is 8.15. The molecule has 1 amide bonds. The summed E-state index contributed by atoms with van der Waals surface area (Å²) in [5.74, 6) is 1.43. The van der Waals surface area contributed by atoms with Gasteiger partial charge < -0.3 is 9.15 Å². The van der Waals surface area contributed by atoms with Crippen molar-refractivity contribution in [2.24, 2.45) is 10.2 Å². The number of ether oxygens (including phenoxy) is 1. The lowest BCUT2D eigenvalue weighted by Gasteiger charge is -2.15. The highest BCUT2D eigenvalue weighted by Crippen LogP contribution is 2.28. The van der Waals surface area contributed by atoms with Crippen LogP contribution in [0.4, 0.5) is 0 Å². The van der Waals surface area contributed by atoms with Crippen LogP contribution in [0.1, 0.15) is 18.2 Å². The number of carbonyl (C=O) groups is 1. The molecule has 2 aromatic rings. The molecule has 3 rings (SSSR count). The highest BCUT2D eigenvalue weighted by atomic mass is 32.2. The van der Waals surface area contributed by atoms with Gasteiger partial charge in [-0.25, -0.2) is 0 Å². The van der Waals surface area contributed by atoms with E-state index in [0.29, 0.717) is 17.5 Å². The average Bonchev–Trinajstić information content (AvgIpc) is 3.20. The number of benzene rings is 1. The maximum Gasteiger partial charge on any atom is 0.242 e. The van der Waals surface area contributed by atoms with Gasteiger partial charge in [0.05, 0.1) is 31.4 Å². The van der Waals surface area contributed by atoms with E-state index >= 15 is 0 Å². The van der Waals surface area contributed by atoms with Gasteiger partial charge in [-0.05, 0) is 36.8 Å². The Kier molecular flexibility index (Phi) is 5.00. The predicted octanol–water partition coefficient (Wildman–Crippen LogP) is 3.14. The molecule has 1 aliphatic rings. The second-order valence-corrected chi connectivity index (χ2v) is 6.48. The standard InChI is InChI=1S/C17H17N3O3S/c1-12-16(21)20(11-13-5-7-14(22-2)8-6-13)17(24-12)19-18-10-15-4-3-9-23-15/h3-10,12H,11H2,1-2H3/b18-10-,19-17+/t12-/m0/s1. The molecule has 0 saturated carbocycles. The molecule has 24 heavy (non-hydrogen) atoms. The van der Waals surface area contributed by atoms with E-state index < -0.39 is 0 Å². The van der Waals surface area contributed by atoms with Crippen molar-refractivity contribution >= 4 is 29.1 Å². The molecule has 0 radical (unpaired) electrons. The third-order valence-electron chi connectivity index (χ3n) is 3.50. The fourth-order valence-corrected chi connectivity index (χ4v) is 3.14. The maximum atomic E-state index is 12.4. The van der Waals surface area contributed by atoms with Crippen molar-refractivity contribution in [1.29, 1.82) is 0 Å². The number of methoxy groups -OCH3 is 1. The summed E-state index contributed by atoms with van der Waals surface area (Å²) in [6.07, 6.45) is 3.09. The molecular weight excluding hydrogens is 326 g/mol. The summed E-state index contributed by atoms with van der Waals surface area (Å²) >= 11 is 1.40. The molecule has 0 aliphatic carbocycles. The molecule has 7 heteroatoms. The molecule has 1 aromatic carbocycles. The maximum absolute atomic E-state index is 12.4. The van der Waals surface area contributed by atoms with E-state index in [2.05, 4.69) is 10.2 Å². The van der Waals surface area contributed by atoms with Gasteiger partial charge in [-0.2, -0.15) is 5.10 Å². The van der Waals surface area contributed by atoms with Crippen LogP contribution in [0.3, 0.4) is 0 Å². The average molecular weight is 343 g/mol. The Morgan fingerprint density at radius 3 is 2.79 bits per heavy atom. The van der Waals surface area contributed by atoms with Crippen LogP contribution in [0.2, 0.25) is 0 Å². The predicted molar refractivity (Wildman–Crippen MR) is 94.3 cm³/mol. The summed E-state index contributed by atoms with van der Waals surface area (Å²) in [6.45, 7) is 2.32. The smallest absolute Gasteiger partial charge is 0.242 e. The largest absolute Gasteiger partial charge is 0.497 e. The molecule has 1 saturated heterocycles. The van der Waals surface area contributed by atoms with Crippen molar-refractivity contribution in [3.63, 3.8) is 0 Å². The van der Waals surface area contributed by atoms with Crippen molar-refractivity contribution in [2.75, 3.05) is 7.11 Å². The first-order valence-electron chi connectivity index (χ1n) is 7.43. The third-order valence-corrected chi connectivity index (χ3v) is 4.57. The van der Waals surface area contributed by atoms with E-state index in [4.69, 9.17) is 9.15 Å². The van der Waals surface area contributed by atoms with Crippen LogP contribution < -0.4 is 4.74 Å². The normalized spacial score (nSPS) is 19.6. The van der Waals surface area contributed by atoms with Gasteiger partial charge >= 0.3 is 0 Å². The van der Waals surface area contributed by atoms with Crippen molar-refractivity contribution < 1.29 is 13.9 Å². The third kappa shape index (κ3) is 3.68. The zero-order valence-corrected chi connectivity index (χ0v) is 14.2. The summed E-state index contributed by atoms with van der Waals surface area (Å²) in [6, 6.07) is 11.2. The molecule has 1 fully saturated rings. The molecule has 0 spiro atoms. The molecule has 124 valence electrons. The Bertz CT molecular complexity index is 754. The first kappa shape index (κ1) is 16.3. The monoisotopic (exact) mass is 343 g/mol. The first-order valence-corrected chi connectivity index (χ1v) is 8.31. The number of nitrogens with zero attached hydrogens (tertiary/aromatic N) is 3. The Balaban J connectivity index is 1.75. The van der Waals surface area contributed by atoms with Crippen LogP contribution in [0.5, 0.6) is 5.75 Å². The number of carbonyl (C=O) groups excluding carboxylic acids is 1. The molecule has 0 N–H and O–H groups in total. The lowest BCUT2D eigenvalue weighted by Crippen LogP contribution is -2.30. The number of furan rings is 1. The molecular formula is C17H17N3O3S. The van der Waals surface area contributed by atoms with E-state index in [1.807, 2.05) is 31.2 Å². The van der Waals surface area contributed by atoms with Crippen molar-refractivity contribution in [3.05, 3.63) is 54.0 Å². The summed E-state index contributed by atoms with van der Waals surface area (Å²) in [5.41, 5.74) is 1.00. The topological polar surface area (TPSA) is 67.4 Å². The highest BCUT2D eigenvalue weighted by Gasteiger charge is 2.35. The van der Waals surface area contributed by atoms with Crippen molar-refractivity contribution in [1.82, 2.24) is 4.90 Å². The van der Waals surface area contributed by atoms with Gasteiger partial charge in [-0.1, -0.05) is 23.9 Å². The lowest BCUT2D eigenvalue weighted by molar-refractivity contribution is -0.126. The van der Waals surface area contributed by atoms with E-state index in [1.165, 1.54) is 18.0 Å². The summed E-state index contributed by atoms with van der Waals surface area (Å²) < 4.78 is 10.3. The zero-order valence-electron chi connectivity index (χ0n) is 13.4. The van der Waals surface area contributed by atoms with Crippen LogP contribution in [0, 0.1) is 0 Å². The van der Waals surface area contributed by atoms with Gasteiger partial charge in [-0.3, -0.25) is 9.69 Å². The number of hydrogen-bond donors (Lipinski definition) is 0. The fourth-order valence-electron chi connectivity index (χ4n) is 2.22. The van der Waals surface area contributed by atoms with E-state index in [1.54, 1.807) is 30.4 Å². The van der Waals surface area contributed by atoms with Gasteiger partial charge in [-0.15, -0.1) is 5.10 Å². The van der Waals surface area contributed by atoms with Crippen LogP contribution in [0.15, 0.2) is 57.3 Å². The quantitative estimate of drug-likeness (QED) is 0.618. The van der Waals surface area contributed by atoms with Gasteiger partial charge in [0.2, 0.25) is 5.91 Å². The zero-order chi connectivity index (χ0) is 16.9. The Morgan fingerprint density at radius 1 is 1.33 bits per heavy atom. The molecule has 2 heterocycles. The van der Waals surface area contributed by atoms with E-state index in [-0.39, 0.29) is 11.2 Å². The number of rotatable bonds is 5. The minimum Gasteiger partial charge on any atom is -0.497 e. The van der Waals surface area contributed by atoms with Crippen molar-refractivity contribution in [2.45, 2.75) is 18.7 Å². The van der Waals surface area contributed by atoms with Crippen LogP contribution in [-0.4, -0.2) is 34.5 Å². The number of amides is 1. The van der Waals surface area contributed by atoms with Gasteiger partial charge in [0.25, 0.3) is 0 Å². The van der Waals surface area contributed by atoms with Gasteiger partial charge in [0.15, 0.2) is 5.17 Å². The fraction of sp³-hybridized carbons (Fsp3) is 0.235. The second kappa shape index (κ2) is 7.35. The Hall–Kier alpha value is -2.54. The van der Waals surface area contributed by atoms with Crippen LogP contribution >= 0.6 is 11.8 Å². The Morgan fingerprint density at radius 2 is 2.12 bits per heavy atom. The number of hydrogen-bond acceptors (Lipinski definition) is 6. The van der Waals surface area contributed by atoms with Gasteiger partial charge in [0.1, 0.15) is 11.5 Å². The molecule has 1 aliphatic heterocycles. The Labute approximate surface area is 144 Å². The van der Waals surface area contributed by atoms with Crippen LogP contribution in [-0.2, 0) is 11.3 Å². The molecule has 0 bridgehead atoms. The first-order chi connectivity index (χ1) is 11.7. The SMILES string of the molecule is COc1ccc(CN2C(=O)[C@H](C)S/C2=N/N=C\c2ccco2)cc1. The summed E-state index contributed by atoms with van der Waals surface area (Å²) in [4.78, 5) is 14.0. The molecule has 6 nitrogen and oxygen atoms in total. The second-order valence-electron chi connectivity index (χ2n) is 5.18. The minimum atomic E-state index is -0.166. The summed E-state index contributed by atoms with van der Waals surface area (Å²) in [5, 5.41) is 8.62. The van der Waals surface area contributed by atoms with E-state index in [0.717, 1.165) is 11.3 Å². The molecule has 1 atom stereocenters. The van der Waals surface area contributed by atoms with Gasteiger partial charge in [0, 0.05) is 0 Å². The minimum absolute atomic E-state index is 0.0303. The van der Waals surface area contributed by atoms with E-state index in [9.17, 15) is 4.79 Å².